The molecule has 0 aliphatic carbocycles. The second kappa shape index (κ2) is 4.89. The summed E-state index contributed by atoms with van der Waals surface area (Å²) in [5.74, 6) is -1.05. The fourth-order valence-corrected chi connectivity index (χ4v) is 1.91. The van der Waals surface area contributed by atoms with Crippen LogP contribution in [0, 0.1) is 0 Å². The minimum atomic E-state index is -4.59. The maximum atomic E-state index is 10.9. The number of rotatable bonds is 6. The molecule has 7 heteroatoms. The highest BCUT2D eigenvalue weighted by atomic mass is 31.2. The molecule has 0 aliphatic heterocycles. The zero-order valence-electron chi connectivity index (χ0n) is 7.88. The predicted octanol–water partition coefficient (Wildman–Crippen LogP) is 0.518. The number of hydrogen-bond donors (Lipinski definition) is 4. The Morgan fingerprint density at radius 2 is 1.93 bits per heavy atom. The molecule has 0 aromatic rings. The first-order valence-electron chi connectivity index (χ1n) is 4.23. The van der Waals surface area contributed by atoms with Crippen LogP contribution in [-0.4, -0.2) is 31.3 Å². The Bertz CT molecular complexity index is 247. The van der Waals surface area contributed by atoms with Crippen molar-refractivity contribution in [1.29, 1.82) is 0 Å². The van der Waals surface area contributed by atoms with Gasteiger partial charge in [0.2, 0.25) is 0 Å². The predicted molar refractivity (Wildman–Crippen MR) is 48.8 cm³/mol. The van der Waals surface area contributed by atoms with Crippen LogP contribution in [0.5, 0.6) is 0 Å². The largest absolute Gasteiger partial charge is 0.481 e. The van der Waals surface area contributed by atoms with E-state index in [2.05, 4.69) is 0 Å². The summed E-state index contributed by atoms with van der Waals surface area (Å²) in [5.41, 5.74) is 0. The van der Waals surface area contributed by atoms with Gasteiger partial charge in [-0.15, -0.1) is 0 Å². The smallest absolute Gasteiger partial charge is 0.356 e. The molecule has 0 aromatic heterocycles. The van der Waals surface area contributed by atoms with Crippen LogP contribution in [0.15, 0.2) is 0 Å². The Labute approximate surface area is 81.7 Å². The van der Waals surface area contributed by atoms with Gasteiger partial charge in [-0.1, -0.05) is 6.92 Å². The van der Waals surface area contributed by atoms with Gasteiger partial charge in [0.15, 0.2) is 5.34 Å². The molecule has 14 heavy (non-hydrogen) atoms. The van der Waals surface area contributed by atoms with Crippen LogP contribution >= 0.6 is 7.60 Å². The van der Waals surface area contributed by atoms with Crippen molar-refractivity contribution >= 4 is 13.6 Å². The van der Waals surface area contributed by atoms with E-state index in [9.17, 15) is 14.5 Å². The Hall–Kier alpha value is -0.420. The summed E-state index contributed by atoms with van der Waals surface area (Å²) in [5, 5.41) is 15.7. The van der Waals surface area contributed by atoms with E-state index < -0.39 is 18.9 Å². The maximum Gasteiger partial charge on any atom is 0.356 e. The van der Waals surface area contributed by atoms with Crippen molar-refractivity contribution < 1.29 is 29.4 Å². The van der Waals surface area contributed by atoms with Gasteiger partial charge in [0.25, 0.3) is 0 Å². The summed E-state index contributed by atoms with van der Waals surface area (Å²) in [6.07, 6.45) is -0.468. The molecule has 0 rings (SSSR count). The monoisotopic (exact) mass is 226 g/mol. The van der Waals surface area contributed by atoms with Gasteiger partial charge in [-0.05, 0) is 19.3 Å². The number of carboxylic acids is 1. The van der Waals surface area contributed by atoms with Crippen molar-refractivity contribution in [1.82, 2.24) is 0 Å². The van der Waals surface area contributed by atoms with E-state index in [-0.39, 0.29) is 25.7 Å². The summed E-state index contributed by atoms with van der Waals surface area (Å²) >= 11 is 0. The number of carboxylic acid groups (broad SMARTS) is 1. The summed E-state index contributed by atoms with van der Waals surface area (Å²) in [4.78, 5) is 27.8. The van der Waals surface area contributed by atoms with E-state index >= 15 is 0 Å². The number of aliphatic hydroxyl groups is 1. The van der Waals surface area contributed by atoms with Crippen LogP contribution in [0.3, 0.4) is 0 Å². The molecule has 0 bridgehead atoms. The Morgan fingerprint density at radius 1 is 1.43 bits per heavy atom. The second-order valence-corrected chi connectivity index (χ2v) is 5.05. The first kappa shape index (κ1) is 13.6. The quantitative estimate of drug-likeness (QED) is 0.491. The fourth-order valence-electron chi connectivity index (χ4n) is 1.05. The van der Waals surface area contributed by atoms with Crippen LogP contribution in [0.25, 0.3) is 0 Å². The molecule has 0 saturated carbocycles. The third-order valence-electron chi connectivity index (χ3n) is 2.08. The molecule has 1 atom stereocenters. The Morgan fingerprint density at radius 3 is 2.21 bits per heavy atom. The van der Waals surface area contributed by atoms with E-state index in [1.807, 2.05) is 0 Å². The lowest BCUT2D eigenvalue weighted by Gasteiger charge is -2.27. The van der Waals surface area contributed by atoms with Gasteiger partial charge in [0, 0.05) is 6.42 Å². The molecular formula is C7H15O6P. The normalized spacial score (nSPS) is 16.3. The van der Waals surface area contributed by atoms with Gasteiger partial charge < -0.3 is 20.0 Å². The number of hydrogen-bond acceptors (Lipinski definition) is 3. The second-order valence-electron chi connectivity index (χ2n) is 3.13. The lowest BCUT2D eigenvalue weighted by molar-refractivity contribution is -0.137. The van der Waals surface area contributed by atoms with Crippen molar-refractivity contribution in [3.05, 3.63) is 0 Å². The molecule has 1 unspecified atom stereocenters. The molecule has 0 spiro atoms. The van der Waals surface area contributed by atoms with Crippen molar-refractivity contribution in [3.8, 4) is 0 Å². The van der Waals surface area contributed by atoms with Crippen molar-refractivity contribution in [3.63, 3.8) is 0 Å². The van der Waals surface area contributed by atoms with Crippen molar-refractivity contribution in [2.24, 2.45) is 0 Å². The minimum absolute atomic E-state index is 0.0464. The molecule has 0 fully saturated rings. The minimum Gasteiger partial charge on any atom is -0.481 e. The highest BCUT2D eigenvalue weighted by Crippen LogP contribution is 2.53. The van der Waals surface area contributed by atoms with Crippen molar-refractivity contribution in [2.75, 3.05) is 0 Å². The van der Waals surface area contributed by atoms with E-state index in [1.165, 1.54) is 6.92 Å². The Kier molecular flexibility index (Phi) is 4.74. The molecule has 0 aromatic carbocycles. The van der Waals surface area contributed by atoms with Crippen LogP contribution in [0.1, 0.15) is 32.6 Å². The summed E-state index contributed by atoms with van der Waals surface area (Å²) < 4.78 is 10.9. The maximum absolute atomic E-state index is 10.9. The molecule has 0 radical (unpaired) electrons. The molecule has 0 amide bonds. The fraction of sp³-hybridized carbons (Fsp3) is 0.857. The number of carbonyl (C=O) groups is 1. The van der Waals surface area contributed by atoms with Gasteiger partial charge >= 0.3 is 13.6 Å². The highest BCUT2D eigenvalue weighted by molar-refractivity contribution is 7.53. The molecule has 4 N–H and O–H groups in total. The molecule has 6 nitrogen and oxygen atoms in total. The highest BCUT2D eigenvalue weighted by Gasteiger charge is 2.42. The lowest BCUT2D eigenvalue weighted by Crippen LogP contribution is -2.27. The van der Waals surface area contributed by atoms with E-state index in [1.54, 1.807) is 0 Å². The SMILES string of the molecule is CCC(O)(CCCC(=O)O)P(=O)(O)O. The average molecular weight is 226 g/mol. The van der Waals surface area contributed by atoms with Gasteiger partial charge in [0.1, 0.15) is 0 Å². The summed E-state index contributed by atoms with van der Waals surface area (Å²) in [6.45, 7) is 1.44. The van der Waals surface area contributed by atoms with E-state index in [0.717, 1.165) is 0 Å². The molecule has 0 heterocycles. The Balaban J connectivity index is 4.28. The van der Waals surface area contributed by atoms with Crippen LogP contribution in [0.2, 0.25) is 0 Å². The zero-order valence-corrected chi connectivity index (χ0v) is 8.78. The van der Waals surface area contributed by atoms with Crippen molar-refractivity contribution in [2.45, 2.75) is 37.9 Å². The van der Waals surface area contributed by atoms with Gasteiger partial charge in [-0.3, -0.25) is 9.36 Å². The first-order valence-corrected chi connectivity index (χ1v) is 5.84. The molecule has 0 saturated heterocycles. The van der Waals surface area contributed by atoms with Gasteiger partial charge in [-0.2, -0.15) is 0 Å². The molecule has 84 valence electrons. The van der Waals surface area contributed by atoms with Crippen LogP contribution in [0.4, 0.5) is 0 Å². The van der Waals surface area contributed by atoms with E-state index in [4.69, 9.17) is 14.9 Å². The molecular weight excluding hydrogens is 211 g/mol. The van der Waals surface area contributed by atoms with E-state index in [0.29, 0.717) is 0 Å². The number of aliphatic carboxylic acids is 1. The standard InChI is InChI=1S/C7H15O6P/c1-2-7(10,14(11,12)13)5-3-4-6(8)9/h10H,2-5H2,1H3,(H,8,9)(H2,11,12,13). The topological polar surface area (TPSA) is 115 Å². The first-order chi connectivity index (χ1) is 6.23. The average Bonchev–Trinajstić information content (AvgIpc) is 2.01. The summed E-state index contributed by atoms with van der Waals surface area (Å²) in [7, 11) is -4.59. The zero-order chi connectivity index (χ0) is 11.4. The van der Waals surface area contributed by atoms with Crippen LogP contribution in [-0.2, 0) is 9.36 Å². The third kappa shape index (κ3) is 3.75. The third-order valence-corrected chi connectivity index (χ3v) is 3.70. The lowest BCUT2D eigenvalue weighted by atomic mass is 10.1. The van der Waals surface area contributed by atoms with Gasteiger partial charge in [0.05, 0.1) is 0 Å². The van der Waals surface area contributed by atoms with Crippen LogP contribution < -0.4 is 0 Å². The van der Waals surface area contributed by atoms with Gasteiger partial charge in [-0.25, -0.2) is 0 Å². The molecule has 0 aliphatic rings. The summed E-state index contributed by atoms with van der Waals surface area (Å²) in [6, 6.07) is 0.